The lowest BCUT2D eigenvalue weighted by Crippen LogP contribution is -2.28. The summed E-state index contributed by atoms with van der Waals surface area (Å²) in [6.07, 6.45) is 2.66. The van der Waals surface area contributed by atoms with Crippen LogP contribution in [0.1, 0.15) is 19.4 Å². The van der Waals surface area contributed by atoms with Gasteiger partial charge in [-0.15, -0.1) is 0 Å². The first-order valence-corrected chi connectivity index (χ1v) is 6.04. The number of hydrogen-bond acceptors (Lipinski definition) is 3. The van der Waals surface area contributed by atoms with E-state index in [1.54, 1.807) is 12.1 Å². The molecule has 0 aromatic heterocycles. The van der Waals surface area contributed by atoms with Crippen molar-refractivity contribution in [1.29, 1.82) is 0 Å². The van der Waals surface area contributed by atoms with Crippen molar-refractivity contribution in [3.05, 3.63) is 29.8 Å². The Morgan fingerprint density at radius 2 is 2.05 bits per heavy atom. The first-order chi connectivity index (χ1) is 9.43. The number of ether oxygens (including phenoxy) is 2. The number of methoxy groups -OCH3 is 1. The van der Waals surface area contributed by atoms with Crippen LogP contribution in [0.5, 0.6) is 11.5 Å². The maximum Gasteiger partial charge on any atom is 0.387 e. The van der Waals surface area contributed by atoms with Gasteiger partial charge in [-0.05, 0) is 26.0 Å². The van der Waals surface area contributed by atoms with Crippen LogP contribution < -0.4 is 14.8 Å². The summed E-state index contributed by atoms with van der Waals surface area (Å²) in [4.78, 5) is 11.5. The number of carbonyl (C=O) groups is 1. The van der Waals surface area contributed by atoms with Crippen molar-refractivity contribution >= 4 is 12.0 Å². The summed E-state index contributed by atoms with van der Waals surface area (Å²) in [7, 11) is 1.35. The molecule has 0 saturated carbocycles. The maximum atomic E-state index is 12.4. The smallest absolute Gasteiger partial charge is 0.387 e. The highest BCUT2D eigenvalue weighted by Gasteiger charge is 2.13. The van der Waals surface area contributed by atoms with E-state index < -0.39 is 6.61 Å². The van der Waals surface area contributed by atoms with E-state index >= 15 is 0 Å². The number of benzene rings is 1. The number of halogens is 2. The molecule has 1 N–H and O–H groups in total. The van der Waals surface area contributed by atoms with E-state index in [1.807, 2.05) is 13.8 Å². The molecule has 0 aliphatic carbocycles. The Hall–Kier alpha value is -2.11. The van der Waals surface area contributed by atoms with Gasteiger partial charge in [0.05, 0.1) is 7.11 Å². The van der Waals surface area contributed by atoms with Crippen molar-refractivity contribution in [3.8, 4) is 11.5 Å². The van der Waals surface area contributed by atoms with E-state index in [9.17, 15) is 13.6 Å². The summed E-state index contributed by atoms with van der Waals surface area (Å²) in [5, 5.41) is 2.66. The topological polar surface area (TPSA) is 47.6 Å². The van der Waals surface area contributed by atoms with Crippen molar-refractivity contribution in [2.24, 2.45) is 0 Å². The lowest BCUT2D eigenvalue weighted by molar-refractivity contribution is -0.116. The molecule has 0 fully saturated rings. The quantitative estimate of drug-likeness (QED) is 0.818. The molecular formula is C14H17F2NO3. The third-order valence-corrected chi connectivity index (χ3v) is 2.28. The van der Waals surface area contributed by atoms with E-state index in [0.717, 1.165) is 0 Å². The number of hydrogen-bond donors (Lipinski definition) is 1. The Morgan fingerprint density at radius 3 is 2.60 bits per heavy atom. The second-order valence-electron chi connectivity index (χ2n) is 4.25. The monoisotopic (exact) mass is 285 g/mol. The van der Waals surface area contributed by atoms with Gasteiger partial charge in [-0.3, -0.25) is 4.79 Å². The fourth-order valence-electron chi connectivity index (χ4n) is 1.54. The van der Waals surface area contributed by atoms with Gasteiger partial charge in [0.25, 0.3) is 0 Å². The molecule has 0 unspecified atom stereocenters. The summed E-state index contributed by atoms with van der Waals surface area (Å²) >= 11 is 0. The predicted octanol–water partition coefficient (Wildman–Crippen LogP) is 2.83. The summed E-state index contributed by atoms with van der Waals surface area (Å²) in [5.41, 5.74) is 0.337. The maximum absolute atomic E-state index is 12.4. The molecule has 0 bridgehead atoms. The first-order valence-electron chi connectivity index (χ1n) is 6.04. The van der Waals surface area contributed by atoms with Crippen LogP contribution in [0, 0.1) is 0 Å². The second kappa shape index (κ2) is 7.47. The third kappa shape index (κ3) is 4.87. The number of nitrogens with one attached hydrogen (secondary N) is 1. The molecule has 0 heterocycles. The van der Waals surface area contributed by atoms with E-state index in [2.05, 4.69) is 10.1 Å². The van der Waals surface area contributed by atoms with Crippen LogP contribution in [0.25, 0.3) is 6.08 Å². The Bertz CT molecular complexity index is 487. The molecule has 0 aliphatic rings. The zero-order chi connectivity index (χ0) is 15.1. The van der Waals surface area contributed by atoms with Crippen LogP contribution in [0.4, 0.5) is 8.78 Å². The van der Waals surface area contributed by atoms with Crippen molar-refractivity contribution in [2.45, 2.75) is 26.5 Å². The highest BCUT2D eigenvalue weighted by molar-refractivity contribution is 5.92. The molecule has 0 spiro atoms. The van der Waals surface area contributed by atoms with Crippen molar-refractivity contribution in [2.75, 3.05) is 7.11 Å². The minimum Gasteiger partial charge on any atom is -0.493 e. The summed E-state index contributed by atoms with van der Waals surface area (Å²) in [5.74, 6) is -0.235. The molecule has 0 aliphatic heterocycles. The Kier molecular flexibility index (Phi) is 5.96. The Labute approximate surface area is 116 Å². The van der Waals surface area contributed by atoms with Crippen molar-refractivity contribution < 1.29 is 23.0 Å². The van der Waals surface area contributed by atoms with Crippen LogP contribution >= 0.6 is 0 Å². The van der Waals surface area contributed by atoms with Crippen LogP contribution in [0.15, 0.2) is 24.3 Å². The fourth-order valence-corrected chi connectivity index (χ4v) is 1.54. The summed E-state index contributed by atoms with van der Waals surface area (Å²) < 4.78 is 34.2. The molecular weight excluding hydrogens is 268 g/mol. The fraction of sp³-hybridized carbons (Fsp3) is 0.357. The summed E-state index contributed by atoms with van der Waals surface area (Å²) in [6, 6.07) is 4.68. The van der Waals surface area contributed by atoms with Crippen LogP contribution in [-0.2, 0) is 4.79 Å². The molecule has 1 amide bonds. The normalized spacial score (nSPS) is 11.2. The second-order valence-corrected chi connectivity index (χ2v) is 4.25. The van der Waals surface area contributed by atoms with Crippen molar-refractivity contribution in [1.82, 2.24) is 5.32 Å². The number of rotatable bonds is 6. The molecule has 6 heteroatoms. The van der Waals surface area contributed by atoms with Crippen LogP contribution in [-0.4, -0.2) is 25.7 Å². The molecule has 110 valence electrons. The number of alkyl halides is 2. The molecule has 4 nitrogen and oxygen atoms in total. The largest absolute Gasteiger partial charge is 0.493 e. The zero-order valence-electron chi connectivity index (χ0n) is 11.5. The standard InChI is InChI=1S/C14H17F2NO3/c1-9(2)17-12(18)8-7-10-5-4-6-11(19-3)13(10)20-14(15)16/h4-9,14H,1-3H3,(H,17,18)/b8-7+. The number of para-hydroxylation sites is 1. The molecule has 0 atom stereocenters. The minimum absolute atomic E-state index is 0.00533. The number of carbonyl (C=O) groups excluding carboxylic acids is 1. The molecule has 0 radical (unpaired) electrons. The summed E-state index contributed by atoms with van der Waals surface area (Å²) in [6.45, 7) is 0.675. The van der Waals surface area contributed by atoms with Gasteiger partial charge in [0, 0.05) is 17.7 Å². The molecule has 1 aromatic rings. The lowest BCUT2D eigenvalue weighted by atomic mass is 10.1. The van der Waals surface area contributed by atoms with Gasteiger partial charge < -0.3 is 14.8 Å². The van der Waals surface area contributed by atoms with Gasteiger partial charge in [0.1, 0.15) is 0 Å². The van der Waals surface area contributed by atoms with Gasteiger partial charge in [-0.25, -0.2) is 0 Å². The highest BCUT2D eigenvalue weighted by atomic mass is 19.3. The molecule has 1 aromatic carbocycles. The molecule has 20 heavy (non-hydrogen) atoms. The van der Waals surface area contributed by atoms with Gasteiger partial charge in [-0.1, -0.05) is 12.1 Å². The van der Waals surface area contributed by atoms with Gasteiger partial charge >= 0.3 is 6.61 Å². The Morgan fingerprint density at radius 1 is 1.35 bits per heavy atom. The SMILES string of the molecule is COc1cccc(/C=C/C(=O)NC(C)C)c1OC(F)F. The lowest BCUT2D eigenvalue weighted by Gasteiger charge is -2.12. The highest BCUT2D eigenvalue weighted by Crippen LogP contribution is 2.33. The average Bonchev–Trinajstić information content (AvgIpc) is 2.36. The third-order valence-electron chi connectivity index (χ3n) is 2.28. The number of amides is 1. The van der Waals surface area contributed by atoms with Gasteiger partial charge in [0.15, 0.2) is 11.5 Å². The molecule has 1 rings (SSSR count). The minimum atomic E-state index is -2.97. The van der Waals surface area contributed by atoms with Gasteiger partial charge in [0.2, 0.25) is 5.91 Å². The van der Waals surface area contributed by atoms with E-state index in [-0.39, 0.29) is 23.4 Å². The van der Waals surface area contributed by atoms with Crippen LogP contribution in [0.2, 0.25) is 0 Å². The molecule has 0 saturated heterocycles. The van der Waals surface area contributed by atoms with E-state index in [1.165, 1.54) is 25.3 Å². The zero-order valence-corrected chi connectivity index (χ0v) is 11.5. The van der Waals surface area contributed by atoms with Gasteiger partial charge in [-0.2, -0.15) is 8.78 Å². The average molecular weight is 285 g/mol. The van der Waals surface area contributed by atoms with E-state index in [0.29, 0.717) is 5.56 Å². The van der Waals surface area contributed by atoms with E-state index in [4.69, 9.17) is 4.74 Å². The Balaban J connectivity index is 2.99. The van der Waals surface area contributed by atoms with Crippen LogP contribution in [0.3, 0.4) is 0 Å². The predicted molar refractivity (Wildman–Crippen MR) is 71.9 cm³/mol. The first kappa shape index (κ1) is 15.9. The van der Waals surface area contributed by atoms with Crippen molar-refractivity contribution in [3.63, 3.8) is 0 Å².